The second-order valence-corrected chi connectivity index (χ2v) is 8.17. The van der Waals surface area contributed by atoms with Gasteiger partial charge in [-0.3, -0.25) is 0 Å². The Morgan fingerprint density at radius 2 is 1.80 bits per heavy atom. The molecule has 0 bridgehead atoms. The molecule has 2 fully saturated rings. The highest BCUT2D eigenvalue weighted by atomic mass is 16.3. The number of fused-ring (bicyclic) bond motifs is 1. The molecule has 0 amide bonds. The van der Waals surface area contributed by atoms with Crippen LogP contribution in [0.3, 0.4) is 0 Å². The predicted molar refractivity (Wildman–Crippen MR) is 97.6 cm³/mol. The molecule has 0 aromatic carbocycles. The van der Waals surface area contributed by atoms with Gasteiger partial charge >= 0.3 is 0 Å². The Bertz CT molecular complexity index is 546. The maximum atomic E-state index is 10.6. The number of aromatic nitrogens is 3. The van der Waals surface area contributed by atoms with Crippen LogP contribution in [0, 0.1) is 5.92 Å². The lowest BCUT2D eigenvalue weighted by atomic mass is 9.90. The van der Waals surface area contributed by atoms with Gasteiger partial charge in [-0.05, 0) is 70.6 Å². The molecule has 1 atom stereocenters. The number of aliphatic hydroxyl groups excluding tert-OH is 1. The van der Waals surface area contributed by atoms with Crippen molar-refractivity contribution in [2.45, 2.75) is 69.9 Å². The second kappa shape index (κ2) is 8.14. The molecule has 2 saturated heterocycles. The minimum Gasteiger partial charge on any atom is -0.392 e. The third kappa shape index (κ3) is 4.07. The molecule has 6 nitrogen and oxygen atoms in total. The molecule has 0 aliphatic carbocycles. The Balaban J connectivity index is 1.30. The number of β-amino-alcohol motifs (C(OH)–C–C–N with tert-alkyl or cyclic N) is 1. The van der Waals surface area contributed by atoms with Crippen molar-refractivity contribution < 1.29 is 5.11 Å². The molecule has 4 rings (SSSR count). The van der Waals surface area contributed by atoms with Crippen LogP contribution in [0.5, 0.6) is 0 Å². The zero-order valence-corrected chi connectivity index (χ0v) is 15.4. The van der Waals surface area contributed by atoms with Gasteiger partial charge in [0.15, 0.2) is 0 Å². The molecule has 1 unspecified atom stereocenters. The predicted octanol–water partition coefficient (Wildman–Crippen LogP) is 1.54. The zero-order chi connectivity index (χ0) is 17.1. The van der Waals surface area contributed by atoms with Crippen molar-refractivity contribution >= 4 is 0 Å². The number of likely N-dealkylation sites (tertiary alicyclic amines) is 1. The molecule has 0 spiro atoms. The lowest BCUT2D eigenvalue weighted by molar-refractivity contribution is 0.0422. The summed E-state index contributed by atoms with van der Waals surface area (Å²) in [6, 6.07) is 0. The summed E-state index contributed by atoms with van der Waals surface area (Å²) in [5.41, 5.74) is 0. The Hall–Kier alpha value is -0.980. The van der Waals surface area contributed by atoms with Crippen LogP contribution in [0.1, 0.15) is 62.5 Å². The van der Waals surface area contributed by atoms with Crippen molar-refractivity contribution in [2.75, 3.05) is 32.7 Å². The molecule has 2 N–H and O–H groups in total. The van der Waals surface area contributed by atoms with E-state index in [-0.39, 0.29) is 6.10 Å². The van der Waals surface area contributed by atoms with E-state index in [1.807, 2.05) is 0 Å². The van der Waals surface area contributed by atoms with E-state index in [0.717, 1.165) is 71.4 Å². The SMILES string of the molecule is OC(CN1CCC(c2nnc3n2CCCCC3)CC1)C1CCNCC1. The Kier molecular flexibility index (Phi) is 5.68. The third-order valence-corrected chi connectivity index (χ3v) is 6.46. The molecule has 140 valence electrons. The first-order chi connectivity index (χ1) is 12.3. The Labute approximate surface area is 151 Å². The van der Waals surface area contributed by atoms with E-state index in [1.54, 1.807) is 0 Å². The first kappa shape index (κ1) is 17.4. The lowest BCUT2D eigenvalue weighted by Gasteiger charge is -2.35. The highest BCUT2D eigenvalue weighted by molar-refractivity contribution is 5.05. The molecule has 6 heteroatoms. The summed E-state index contributed by atoms with van der Waals surface area (Å²) in [4.78, 5) is 2.46. The van der Waals surface area contributed by atoms with Gasteiger partial charge in [0, 0.05) is 25.4 Å². The number of piperidine rings is 2. The van der Waals surface area contributed by atoms with Crippen LogP contribution >= 0.6 is 0 Å². The molecule has 4 heterocycles. The number of nitrogens with zero attached hydrogens (tertiary/aromatic N) is 4. The van der Waals surface area contributed by atoms with Gasteiger partial charge in [-0.2, -0.15) is 0 Å². The summed E-state index contributed by atoms with van der Waals surface area (Å²) < 4.78 is 2.41. The monoisotopic (exact) mass is 347 g/mol. The van der Waals surface area contributed by atoms with Crippen molar-refractivity contribution in [2.24, 2.45) is 5.92 Å². The Morgan fingerprint density at radius 1 is 1.00 bits per heavy atom. The number of nitrogens with one attached hydrogen (secondary N) is 1. The van der Waals surface area contributed by atoms with Crippen LogP contribution in [0.4, 0.5) is 0 Å². The fourth-order valence-corrected chi connectivity index (χ4v) is 4.83. The highest BCUT2D eigenvalue weighted by Crippen LogP contribution is 2.29. The molecule has 1 aromatic heterocycles. The molecule has 0 saturated carbocycles. The molecular weight excluding hydrogens is 314 g/mol. The van der Waals surface area contributed by atoms with Gasteiger partial charge in [0.05, 0.1) is 6.10 Å². The van der Waals surface area contributed by atoms with Crippen molar-refractivity contribution in [3.63, 3.8) is 0 Å². The standard InChI is InChI=1S/C19H33N5O/c25-17(15-5-9-20-10-6-15)14-23-12-7-16(8-13-23)19-22-21-18-4-2-1-3-11-24(18)19/h15-17,20,25H,1-14H2. The van der Waals surface area contributed by atoms with Crippen molar-refractivity contribution in [1.29, 1.82) is 0 Å². The first-order valence-corrected chi connectivity index (χ1v) is 10.3. The maximum absolute atomic E-state index is 10.6. The third-order valence-electron chi connectivity index (χ3n) is 6.46. The first-order valence-electron chi connectivity index (χ1n) is 10.3. The average Bonchev–Trinajstić information content (AvgIpc) is 2.91. The molecule has 1 aromatic rings. The summed E-state index contributed by atoms with van der Waals surface area (Å²) in [6.07, 6.45) is 9.29. The minimum absolute atomic E-state index is 0.164. The summed E-state index contributed by atoms with van der Waals surface area (Å²) in [6.45, 7) is 6.22. The second-order valence-electron chi connectivity index (χ2n) is 8.17. The molecule has 3 aliphatic rings. The average molecular weight is 348 g/mol. The normalized spacial score (nSPS) is 25.5. The Morgan fingerprint density at radius 3 is 2.60 bits per heavy atom. The van der Waals surface area contributed by atoms with Crippen LogP contribution < -0.4 is 5.32 Å². The van der Waals surface area contributed by atoms with E-state index >= 15 is 0 Å². The topological polar surface area (TPSA) is 66.2 Å². The summed E-state index contributed by atoms with van der Waals surface area (Å²) in [7, 11) is 0. The smallest absolute Gasteiger partial charge is 0.136 e. The van der Waals surface area contributed by atoms with Gasteiger partial charge in [-0.1, -0.05) is 6.42 Å². The van der Waals surface area contributed by atoms with E-state index in [4.69, 9.17) is 0 Å². The number of rotatable bonds is 4. The van der Waals surface area contributed by atoms with Gasteiger partial charge in [0.2, 0.25) is 0 Å². The van der Waals surface area contributed by atoms with E-state index in [1.165, 1.54) is 30.9 Å². The minimum atomic E-state index is -0.164. The summed E-state index contributed by atoms with van der Waals surface area (Å²) in [5.74, 6) is 3.46. The van der Waals surface area contributed by atoms with Crippen molar-refractivity contribution in [3.8, 4) is 0 Å². The molecular formula is C19H33N5O. The van der Waals surface area contributed by atoms with E-state index in [9.17, 15) is 5.11 Å². The summed E-state index contributed by atoms with van der Waals surface area (Å²) >= 11 is 0. The lowest BCUT2D eigenvalue weighted by Crippen LogP contribution is -2.43. The van der Waals surface area contributed by atoms with Gasteiger partial charge in [0.1, 0.15) is 11.6 Å². The summed E-state index contributed by atoms with van der Waals surface area (Å²) in [5, 5.41) is 23.0. The van der Waals surface area contributed by atoms with Crippen molar-refractivity contribution in [1.82, 2.24) is 25.0 Å². The molecule has 0 radical (unpaired) electrons. The fraction of sp³-hybridized carbons (Fsp3) is 0.895. The van der Waals surface area contributed by atoms with E-state index < -0.39 is 0 Å². The number of aryl methyl sites for hydroxylation is 1. The van der Waals surface area contributed by atoms with Crippen LogP contribution in [0.15, 0.2) is 0 Å². The number of hydrogen-bond acceptors (Lipinski definition) is 5. The highest BCUT2D eigenvalue weighted by Gasteiger charge is 2.29. The zero-order valence-electron chi connectivity index (χ0n) is 15.4. The molecule has 25 heavy (non-hydrogen) atoms. The van der Waals surface area contributed by atoms with Gasteiger partial charge in [-0.25, -0.2) is 0 Å². The largest absolute Gasteiger partial charge is 0.392 e. The van der Waals surface area contributed by atoms with Gasteiger partial charge < -0.3 is 19.9 Å². The van der Waals surface area contributed by atoms with E-state index in [0.29, 0.717) is 11.8 Å². The van der Waals surface area contributed by atoms with Gasteiger partial charge in [-0.15, -0.1) is 10.2 Å². The van der Waals surface area contributed by atoms with Crippen LogP contribution in [-0.4, -0.2) is 63.6 Å². The quantitative estimate of drug-likeness (QED) is 0.865. The van der Waals surface area contributed by atoms with Crippen LogP contribution in [0.2, 0.25) is 0 Å². The number of aliphatic hydroxyl groups is 1. The maximum Gasteiger partial charge on any atom is 0.136 e. The van der Waals surface area contributed by atoms with E-state index in [2.05, 4.69) is 25.0 Å². The van der Waals surface area contributed by atoms with Crippen LogP contribution in [-0.2, 0) is 13.0 Å². The fourth-order valence-electron chi connectivity index (χ4n) is 4.83. The number of hydrogen-bond donors (Lipinski definition) is 2. The van der Waals surface area contributed by atoms with Gasteiger partial charge in [0.25, 0.3) is 0 Å². The van der Waals surface area contributed by atoms with Crippen molar-refractivity contribution in [3.05, 3.63) is 11.6 Å². The van der Waals surface area contributed by atoms with Crippen LogP contribution in [0.25, 0.3) is 0 Å². The molecule has 3 aliphatic heterocycles.